The maximum Gasteiger partial charge on any atom is 0.0995 e. The van der Waals surface area contributed by atoms with Gasteiger partial charge in [-0.15, -0.1) is 0 Å². The van der Waals surface area contributed by atoms with Crippen molar-refractivity contribution in [3.8, 4) is 0 Å². The van der Waals surface area contributed by atoms with Crippen LogP contribution in [0.25, 0.3) is 0 Å². The summed E-state index contributed by atoms with van der Waals surface area (Å²) in [4.78, 5) is 3.97. The molecule has 0 aromatic carbocycles. The second kappa shape index (κ2) is 3.92. The standard InChI is InChI=1S/C6H9IN2O/c1-10-3-2-9-5-8-4-6(9)7/h4-5H,2-3H2,1H3. The first-order valence-electron chi connectivity index (χ1n) is 2.99. The van der Waals surface area contributed by atoms with Crippen molar-refractivity contribution in [3.05, 3.63) is 16.2 Å². The SMILES string of the molecule is COCCn1cncc1I. The molecule has 1 aromatic rings. The number of imidazole rings is 1. The smallest absolute Gasteiger partial charge is 0.0995 e. The highest BCUT2D eigenvalue weighted by atomic mass is 127. The van der Waals surface area contributed by atoms with Crippen LogP contribution in [0.1, 0.15) is 0 Å². The molecule has 0 atom stereocenters. The van der Waals surface area contributed by atoms with Gasteiger partial charge in [-0.2, -0.15) is 0 Å². The number of ether oxygens (including phenoxy) is 1. The van der Waals surface area contributed by atoms with Gasteiger partial charge in [0.2, 0.25) is 0 Å². The van der Waals surface area contributed by atoms with E-state index in [1.54, 1.807) is 13.4 Å². The number of nitrogens with zero attached hydrogens (tertiary/aromatic N) is 2. The number of hydrogen-bond donors (Lipinski definition) is 0. The number of aromatic nitrogens is 2. The summed E-state index contributed by atoms with van der Waals surface area (Å²) in [6.07, 6.45) is 3.64. The maximum atomic E-state index is 4.92. The fourth-order valence-electron chi connectivity index (χ4n) is 0.659. The molecule has 0 aliphatic rings. The van der Waals surface area contributed by atoms with Crippen LogP contribution in [0.3, 0.4) is 0 Å². The molecule has 0 aliphatic carbocycles. The van der Waals surface area contributed by atoms with E-state index in [0.29, 0.717) is 0 Å². The first-order valence-corrected chi connectivity index (χ1v) is 4.07. The van der Waals surface area contributed by atoms with Crippen molar-refractivity contribution < 1.29 is 4.74 Å². The largest absolute Gasteiger partial charge is 0.383 e. The molecule has 0 aliphatic heterocycles. The van der Waals surface area contributed by atoms with Crippen molar-refractivity contribution in [2.45, 2.75) is 6.54 Å². The molecule has 0 amide bonds. The molecule has 10 heavy (non-hydrogen) atoms. The summed E-state index contributed by atoms with van der Waals surface area (Å²) in [6.45, 7) is 1.63. The van der Waals surface area contributed by atoms with Crippen molar-refractivity contribution in [2.75, 3.05) is 13.7 Å². The number of hydrogen-bond acceptors (Lipinski definition) is 2. The van der Waals surface area contributed by atoms with Crippen molar-refractivity contribution in [3.63, 3.8) is 0 Å². The van der Waals surface area contributed by atoms with Crippen LogP contribution in [-0.4, -0.2) is 23.3 Å². The van der Waals surface area contributed by atoms with Crippen molar-refractivity contribution in [1.29, 1.82) is 0 Å². The second-order valence-corrected chi connectivity index (χ2v) is 3.01. The van der Waals surface area contributed by atoms with E-state index in [9.17, 15) is 0 Å². The average molecular weight is 252 g/mol. The lowest BCUT2D eigenvalue weighted by molar-refractivity contribution is 0.186. The van der Waals surface area contributed by atoms with Crippen LogP contribution in [0.2, 0.25) is 0 Å². The van der Waals surface area contributed by atoms with Crippen LogP contribution in [0.15, 0.2) is 12.5 Å². The summed E-state index contributed by atoms with van der Waals surface area (Å²) in [7, 11) is 1.70. The third-order valence-corrected chi connectivity index (χ3v) is 2.10. The molecular weight excluding hydrogens is 243 g/mol. The zero-order valence-electron chi connectivity index (χ0n) is 5.75. The monoisotopic (exact) mass is 252 g/mol. The Balaban J connectivity index is 2.49. The third kappa shape index (κ3) is 1.95. The van der Waals surface area contributed by atoms with Crippen LogP contribution in [0, 0.1) is 3.70 Å². The Morgan fingerprint density at radius 3 is 3.10 bits per heavy atom. The molecule has 0 unspecified atom stereocenters. The van der Waals surface area contributed by atoms with Crippen molar-refractivity contribution in [1.82, 2.24) is 9.55 Å². The normalized spacial score (nSPS) is 10.2. The molecule has 0 N–H and O–H groups in total. The van der Waals surface area contributed by atoms with E-state index < -0.39 is 0 Å². The fraction of sp³-hybridized carbons (Fsp3) is 0.500. The van der Waals surface area contributed by atoms with E-state index >= 15 is 0 Å². The van der Waals surface area contributed by atoms with Gasteiger partial charge in [0.15, 0.2) is 0 Å². The van der Waals surface area contributed by atoms with Gasteiger partial charge in [-0.05, 0) is 22.6 Å². The predicted molar refractivity (Wildman–Crippen MR) is 46.8 cm³/mol. The lowest BCUT2D eigenvalue weighted by atomic mass is 10.7. The zero-order valence-corrected chi connectivity index (χ0v) is 7.91. The van der Waals surface area contributed by atoms with Gasteiger partial charge in [0.25, 0.3) is 0 Å². The molecule has 0 saturated heterocycles. The van der Waals surface area contributed by atoms with Gasteiger partial charge in [-0.3, -0.25) is 0 Å². The molecule has 56 valence electrons. The number of halogens is 1. The average Bonchev–Trinajstić information content (AvgIpc) is 2.31. The third-order valence-electron chi connectivity index (χ3n) is 1.20. The lowest BCUT2D eigenvalue weighted by Crippen LogP contribution is -2.03. The zero-order chi connectivity index (χ0) is 7.40. The van der Waals surface area contributed by atoms with Gasteiger partial charge in [0, 0.05) is 13.7 Å². The molecule has 0 fully saturated rings. The van der Waals surface area contributed by atoms with Crippen LogP contribution < -0.4 is 0 Å². The first kappa shape index (κ1) is 8.00. The van der Waals surface area contributed by atoms with Crippen LogP contribution in [0.4, 0.5) is 0 Å². The Kier molecular flexibility index (Phi) is 3.14. The maximum absolute atomic E-state index is 4.92. The Morgan fingerprint density at radius 1 is 1.80 bits per heavy atom. The molecule has 0 bridgehead atoms. The van der Waals surface area contributed by atoms with E-state index in [1.165, 1.54) is 0 Å². The predicted octanol–water partition coefficient (Wildman–Crippen LogP) is 1.13. The summed E-state index contributed by atoms with van der Waals surface area (Å²) < 4.78 is 8.11. The van der Waals surface area contributed by atoms with Crippen molar-refractivity contribution >= 4 is 22.6 Å². The summed E-state index contributed by atoms with van der Waals surface area (Å²) in [5, 5.41) is 0. The van der Waals surface area contributed by atoms with Gasteiger partial charge in [-0.1, -0.05) is 0 Å². The van der Waals surface area contributed by atoms with E-state index in [1.807, 2.05) is 10.8 Å². The van der Waals surface area contributed by atoms with E-state index in [-0.39, 0.29) is 0 Å². The Bertz CT molecular complexity index is 199. The summed E-state index contributed by atoms with van der Waals surface area (Å²) >= 11 is 2.24. The Labute approximate surface area is 73.5 Å². The van der Waals surface area contributed by atoms with Crippen LogP contribution in [0.5, 0.6) is 0 Å². The van der Waals surface area contributed by atoms with Gasteiger partial charge in [-0.25, -0.2) is 4.98 Å². The molecular formula is C6H9IN2O. The van der Waals surface area contributed by atoms with Gasteiger partial charge >= 0.3 is 0 Å². The Morgan fingerprint density at radius 2 is 2.60 bits per heavy atom. The molecule has 0 spiro atoms. The molecule has 1 heterocycles. The van der Waals surface area contributed by atoms with Crippen LogP contribution in [-0.2, 0) is 11.3 Å². The van der Waals surface area contributed by atoms with Gasteiger partial charge < -0.3 is 9.30 Å². The van der Waals surface area contributed by atoms with E-state index in [2.05, 4.69) is 27.6 Å². The van der Waals surface area contributed by atoms with Gasteiger partial charge in [0.1, 0.15) is 0 Å². The topological polar surface area (TPSA) is 27.1 Å². The van der Waals surface area contributed by atoms with E-state index in [0.717, 1.165) is 16.9 Å². The highest BCUT2D eigenvalue weighted by molar-refractivity contribution is 14.1. The molecule has 0 saturated carbocycles. The molecule has 1 rings (SSSR count). The summed E-state index contributed by atoms with van der Waals surface area (Å²) in [5.74, 6) is 0. The lowest BCUT2D eigenvalue weighted by Gasteiger charge is -2.00. The summed E-state index contributed by atoms with van der Waals surface area (Å²) in [6, 6.07) is 0. The number of rotatable bonds is 3. The minimum atomic E-state index is 0.742. The summed E-state index contributed by atoms with van der Waals surface area (Å²) in [5.41, 5.74) is 0. The Hall–Kier alpha value is -0.100. The van der Waals surface area contributed by atoms with Crippen LogP contribution >= 0.6 is 22.6 Å². The second-order valence-electron chi connectivity index (χ2n) is 1.90. The van der Waals surface area contributed by atoms with Crippen molar-refractivity contribution in [2.24, 2.45) is 0 Å². The molecule has 1 aromatic heterocycles. The molecule has 3 nitrogen and oxygen atoms in total. The first-order chi connectivity index (χ1) is 4.84. The highest BCUT2D eigenvalue weighted by Crippen LogP contribution is 2.01. The molecule has 4 heteroatoms. The quantitative estimate of drug-likeness (QED) is 0.754. The minimum absolute atomic E-state index is 0.742. The highest BCUT2D eigenvalue weighted by Gasteiger charge is 1.94. The fourth-order valence-corrected chi connectivity index (χ4v) is 1.19. The molecule has 0 radical (unpaired) electrons. The van der Waals surface area contributed by atoms with Gasteiger partial charge in [0.05, 0.1) is 22.8 Å². The number of methoxy groups -OCH3 is 1. The van der Waals surface area contributed by atoms with E-state index in [4.69, 9.17) is 4.74 Å². The minimum Gasteiger partial charge on any atom is -0.383 e.